The van der Waals surface area contributed by atoms with Crippen molar-refractivity contribution in [3.63, 3.8) is 0 Å². The Kier molecular flexibility index (Phi) is 6.90. The number of rotatable bonds is 8. The summed E-state index contributed by atoms with van der Waals surface area (Å²) in [7, 11) is 0. The molecule has 2 unspecified atom stereocenters. The summed E-state index contributed by atoms with van der Waals surface area (Å²) in [6.45, 7) is 13.5. The number of nitrogens with one attached hydrogen (secondary N) is 1. The minimum absolute atomic E-state index is 0.237. The van der Waals surface area contributed by atoms with Crippen LogP contribution in [0.3, 0.4) is 0 Å². The minimum Gasteiger partial charge on any atom is -0.480 e. The van der Waals surface area contributed by atoms with E-state index in [1.807, 2.05) is 6.92 Å². The Morgan fingerprint density at radius 2 is 1.83 bits per heavy atom. The fourth-order valence-corrected chi connectivity index (χ4v) is 2.07. The predicted molar refractivity (Wildman–Crippen MR) is 76.8 cm³/mol. The van der Waals surface area contributed by atoms with Crippen LogP contribution >= 0.6 is 0 Å². The molecule has 108 valence electrons. The molecule has 0 rings (SSSR count). The molecule has 0 heterocycles. The van der Waals surface area contributed by atoms with Gasteiger partial charge in [0.05, 0.1) is 0 Å². The van der Waals surface area contributed by atoms with E-state index in [9.17, 15) is 9.90 Å². The van der Waals surface area contributed by atoms with Gasteiger partial charge in [0, 0.05) is 0 Å². The van der Waals surface area contributed by atoms with Crippen molar-refractivity contribution in [2.45, 2.75) is 72.8 Å². The Bertz CT molecular complexity index is 258. The van der Waals surface area contributed by atoms with Crippen LogP contribution in [-0.2, 0) is 4.79 Å². The van der Waals surface area contributed by atoms with Crippen molar-refractivity contribution in [2.24, 2.45) is 11.3 Å². The van der Waals surface area contributed by atoms with Gasteiger partial charge in [-0.15, -0.1) is 0 Å². The van der Waals surface area contributed by atoms with Crippen LogP contribution in [0.5, 0.6) is 0 Å². The molecule has 0 saturated carbocycles. The second-order valence-corrected chi connectivity index (χ2v) is 6.70. The Hall–Kier alpha value is -0.570. The maximum Gasteiger partial charge on any atom is 0.323 e. The van der Waals surface area contributed by atoms with E-state index in [1.54, 1.807) is 0 Å². The topological polar surface area (TPSA) is 49.3 Å². The van der Waals surface area contributed by atoms with Crippen molar-refractivity contribution < 1.29 is 9.90 Å². The smallest absolute Gasteiger partial charge is 0.323 e. The first kappa shape index (κ1) is 17.4. The number of aliphatic carboxylic acids is 1. The van der Waals surface area contributed by atoms with E-state index in [0.717, 1.165) is 19.4 Å². The number of hydrogen-bond acceptors (Lipinski definition) is 2. The Labute approximate surface area is 112 Å². The maximum absolute atomic E-state index is 11.6. The first-order valence-corrected chi connectivity index (χ1v) is 7.15. The number of carboxylic acid groups (broad SMARTS) is 1. The second-order valence-electron chi connectivity index (χ2n) is 6.70. The second kappa shape index (κ2) is 7.13. The molecule has 0 aliphatic heterocycles. The lowest BCUT2D eigenvalue weighted by Gasteiger charge is -2.33. The van der Waals surface area contributed by atoms with Gasteiger partial charge in [-0.2, -0.15) is 0 Å². The molecule has 0 bridgehead atoms. The van der Waals surface area contributed by atoms with Gasteiger partial charge in [0.25, 0.3) is 0 Å². The zero-order valence-electron chi connectivity index (χ0n) is 13.0. The Morgan fingerprint density at radius 1 is 1.28 bits per heavy atom. The Balaban J connectivity index is 4.62. The van der Waals surface area contributed by atoms with Crippen LogP contribution in [0.2, 0.25) is 0 Å². The van der Waals surface area contributed by atoms with Crippen molar-refractivity contribution in [3.05, 3.63) is 0 Å². The van der Waals surface area contributed by atoms with Crippen LogP contribution in [0.15, 0.2) is 0 Å². The number of carboxylic acids is 1. The molecule has 0 radical (unpaired) electrons. The van der Waals surface area contributed by atoms with Gasteiger partial charge in [-0.1, -0.05) is 48.0 Å². The first-order valence-electron chi connectivity index (χ1n) is 7.15. The molecule has 0 aromatic heterocycles. The van der Waals surface area contributed by atoms with Gasteiger partial charge >= 0.3 is 5.97 Å². The van der Waals surface area contributed by atoms with Gasteiger partial charge in [0.2, 0.25) is 0 Å². The van der Waals surface area contributed by atoms with Crippen LogP contribution < -0.4 is 5.32 Å². The molecule has 2 atom stereocenters. The van der Waals surface area contributed by atoms with Crippen molar-refractivity contribution in [2.75, 3.05) is 6.54 Å². The molecule has 0 aromatic rings. The van der Waals surface area contributed by atoms with E-state index in [1.165, 1.54) is 0 Å². The molecule has 0 saturated heterocycles. The molecule has 2 N–H and O–H groups in total. The quantitative estimate of drug-likeness (QED) is 0.697. The molecular formula is C15H31NO2. The highest BCUT2D eigenvalue weighted by Gasteiger charge is 2.37. The molecule has 18 heavy (non-hydrogen) atoms. The SMILES string of the molecule is CCC(C)CC(CC)(NCCC(C)(C)C)C(=O)O. The maximum atomic E-state index is 11.6. The normalized spacial score (nSPS) is 17.2. The van der Waals surface area contributed by atoms with Crippen LogP contribution in [-0.4, -0.2) is 23.2 Å². The van der Waals surface area contributed by atoms with E-state index in [4.69, 9.17) is 0 Å². The lowest BCUT2D eigenvalue weighted by molar-refractivity contribution is -0.146. The van der Waals surface area contributed by atoms with Gasteiger partial charge in [0.15, 0.2) is 0 Å². The summed E-state index contributed by atoms with van der Waals surface area (Å²) in [5, 5.41) is 12.8. The number of carbonyl (C=O) groups is 1. The molecule has 0 aromatic carbocycles. The average Bonchev–Trinajstić information content (AvgIpc) is 2.25. The van der Waals surface area contributed by atoms with E-state index >= 15 is 0 Å². The molecular weight excluding hydrogens is 226 g/mol. The summed E-state index contributed by atoms with van der Waals surface area (Å²) in [4.78, 5) is 11.6. The largest absolute Gasteiger partial charge is 0.480 e. The summed E-state index contributed by atoms with van der Waals surface area (Å²) < 4.78 is 0. The molecule has 0 amide bonds. The summed E-state index contributed by atoms with van der Waals surface area (Å²) in [6.07, 6.45) is 3.36. The molecule has 3 heteroatoms. The van der Waals surface area contributed by atoms with Crippen molar-refractivity contribution >= 4 is 5.97 Å². The minimum atomic E-state index is -0.749. The predicted octanol–water partition coefficient (Wildman–Crippen LogP) is 3.68. The van der Waals surface area contributed by atoms with Gasteiger partial charge in [-0.05, 0) is 37.1 Å². The highest BCUT2D eigenvalue weighted by atomic mass is 16.4. The highest BCUT2D eigenvalue weighted by Crippen LogP contribution is 2.25. The van der Waals surface area contributed by atoms with Gasteiger partial charge < -0.3 is 10.4 Å². The van der Waals surface area contributed by atoms with Crippen molar-refractivity contribution in [1.29, 1.82) is 0 Å². The number of hydrogen-bond donors (Lipinski definition) is 2. The third-order valence-electron chi connectivity index (χ3n) is 3.75. The fourth-order valence-electron chi connectivity index (χ4n) is 2.07. The average molecular weight is 257 g/mol. The monoisotopic (exact) mass is 257 g/mol. The fraction of sp³-hybridized carbons (Fsp3) is 0.933. The summed E-state index contributed by atoms with van der Waals surface area (Å²) in [6, 6.07) is 0. The third-order valence-corrected chi connectivity index (χ3v) is 3.75. The first-order chi connectivity index (χ1) is 8.17. The third kappa shape index (κ3) is 5.85. The zero-order chi connectivity index (χ0) is 14.4. The van der Waals surface area contributed by atoms with Crippen molar-refractivity contribution in [1.82, 2.24) is 5.32 Å². The van der Waals surface area contributed by atoms with Crippen molar-refractivity contribution in [3.8, 4) is 0 Å². The van der Waals surface area contributed by atoms with Gasteiger partial charge in [-0.25, -0.2) is 0 Å². The molecule has 0 aliphatic carbocycles. The zero-order valence-corrected chi connectivity index (χ0v) is 13.0. The van der Waals surface area contributed by atoms with Crippen LogP contribution in [0.1, 0.15) is 67.2 Å². The van der Waals surface area contributed by atoms with E-state index in [-0.39, 0.29) is 5.41 Å². The lowest BCUT2D eigenvalue weighted by Crippen LogP contribution is -2.53. The lowest BCUT2D eigenvalue weighted by atomic mass is 9.84. The molecule has 0 fully saturated rings. The summed E-state index contributed by atoms with van der Waals surface area (Å²) >= 11 is 0. The Morgan fingerprint density at radius 3 is 2.17 bits per heavy atom. The molecule has 3 nitrogen and oxygen atoms in total. The van der Waals surface area contributed by atoms with E-state index < -0.39 is 11.5 Å². The van der Waals surface area contributed by atoms with Crippen LogP contribution in [0.25, 0.3) is 0 Å². The van der Waals surface area contributed by atoms with Crippen LogP contribution in [0, 0.1) is 11.3 Å². The summed E-state index contributed by atoms with van der Waals surface area (Å²) in [5.74, 6) is -0.276. The van der Waals surface area contributed by atoms with Gasteiger partial charge in [-0.3, -0.25) is 4.79 Å². The van der Waals surface area contributed by atoms with Gasteiger partial charge in [0.1, 0.15) is 5.54 Å². The molecule has 0 aliphatic rings. The van der Waals surface area contributed by atoms with Crippen LogP contribution in [0.4, 0.5) is 0 Å². The summed E-state index contributed by atoms with van der Waals surface area (Å²) in [5.41, 5.74) is -0.512. The van der Waals surface area contributed by atoms with E-state index in [2.05, 4.69) is 39.9 Å². The standard InChI is InChI=1S/C15H31NO2/c1-7-12(3)11-15(8-2,13(17)18)16-10-9-14(4,5)6/h12,16H,7-11H2,1-6H3,(H,17,18). The highest BCUT2D eigenvalue weighted by molar-refractivity contribution is 5.78. The van der Waals surface area contributed by atoms with E-state index in [0.29, 0.717) is 18.8 Å². The molecule has 0 spiro atoms.